The van der Waals surface area contributed by atoms with Gasteiger partial charge < -0.3 is 5.32 Å². The predicted molar refractivity (Wildman–Crippen MR) is 68.6 cm³/mol. The van der Waals surface area contributed by atoms with Crippen LogP contribution >= 0.6 is 0 Å². The lowest BCUT2D eigenvalue weighted by atomic mass is 10.1. The molecule has 0 bridgehead atoms. The van der Waals surface area contributed by atoms with Crippen molar-refractivity contribution < 1.29 is 9.18 Å². The molecule has 19 heavy (non-hydrogen) atoms. The molecule has 1 N–H and O–H groups in total. The van der Waals surface area contributed by atoms with E-state index in [1.165, 1.54) is 12.1 Å². The molecule has 5 heteroatoms. The van der Waals surface area contributed by atoms with Gasteiger partial charge in [0.2, 0.25) is 5.91 Å². The molecule has 1 unspecified atom stereocenters. The first kappa shape index (κ1) is 13.5. The Balaban J connectivity index is 2.20. The summed E-state index contributed by atoms with van der Waals surface area (Å²) in [4.78, 5) is 13.7. The number of rotatable bonds is 3. The molecule has 0 spiro atoms. The lowest BCUT2D eigenvalue weighted by Crippen LogP contribution is -2.54. The van der Waals surface area contributed by atoms with Crippen molar-refractivity contribution in [3.05, 3.63) is 35.1 Å². The molecule has 1 fully saturated rings. The quantitative estimate of drug-likeness (QED) is 0.895. The van der Waals surface area contributed by atoms with Crippen LogP contribution in [0.1, 0.15) is 24.5 Å². The van der Waals surface area contributed by atoms with Gasteiger partial charge in [-0.1, -0.05) is 6.92 Å². The maximum absolute atomic E-state index is 13.8. The second-order valence-electron chi connectivity index (χ2n) is 4.60. The first-order valence-electron chi connectivity index (χ1n) is 6.36. The topological polar surface area (TPSA) is 56.1 Å². The Kier molecular flexibility index (Phi) is 4.13. The van der Waals surface area contributed by atoms with E-state index in [0.717, 1.165) is 0 Å². The van der Waals surface area contributed by atoms with E-state index in [4.69, 9.17) is 5.26 Å². The molecule has 0 radical (unpaired) electrons. The molecule has 2 rings (SSSR count). The Hall–Kier alpha value is -1.93. The van der Waals surface area contributed by atoms with Gasteiger partial charge in [-0.3, -0.25) is 9.69 Å². The number of nitrogens with zero attached hydrogens (tertiary/aromatic N) is 2. The van der Waals surface area contributed by atoms with Gasteiger partial charge in [-0.2, -0.15) is 5.26 Å². The average Bonchev–Trinajstić information content (AvgIpc) is 2.41. The highest BCUT2D eigenvalue weighted by atomic mass is 19.1. The van der Waals surface area contributed by atoms with Gasteiger partial charge in [0.05, 0.1) is 17.7 Å². The number of piperazine rings is 1. The monoisotopic (exact) mass is 261 g/mol. The summed E-state index contributed by atoms with van der Waals surface area (Å²) in [6.07, 6.45) is 0.686. The summed E-state index contributed by atoms with van der Waals surface area (Å²) in [5.41, 5.74) is 0.901. The van der Waals surface area contributed by atoms with Gasteiger partial charge in [-0.15, -0.1) is 0 Å². The highest BCUT2D eigenvalue weighted by molar-refractivity contribution is 5.82. The van der Waals surface area contributed by atoms with Gasteiger partial charge >= 0.3 is 0 Å². The Morgan fingerprint density at radius 2 is 2.37 bits per heavy atom. The highest BCUT2D eigenvalue weighted by Crippen LogP contribution is 2.17. The van der Waals surface area contributed by atoms with Crippen LogP contribution in [0.15, 0.2) is 18.2 Å². The Bertz CT molecular complexity index is 524. The number of hydrogen-bond acceptors (Lipinski definition) is 3. The minimum atomic E-state index is -0.333. The van der Waals surface area contributed by atoms with Crippen LogP contribution in [0.25, 0.3) is 0 Å². The molecule has 1 amide bonds. The number of halogens is 1. The molecular formula is C14H16FN3O. The van der Waals surface area contributed by atoms with Crippen molar-refractivity contribution >= 4 is 5.91 Å². The number of nitriles is 1. The zero-order valence-corrected chi connectivity index (χ0v) is 10.8. The molecule has 0 aromatic heterocycles. The lowest BCUT2D eigenvalue weighted by Gasteiger charge is -2.34. The Morgan fingerprint density at radius 1 is 1.58 bits per heavy atom. The van der Waals surface area contributed by atoms with Crippen LogP contribution in [0, 0.1) is 17.1 Å². The summed E-state index contributed by atoms with van der Waals surface area (Å²) < 4.78 is 13.8. The van der Waals surface area contributed by atoms with Crippen LogP contribution in [0.2, 0.25) is 0 Å². The van der Waals surface area contributed by atoms with E-state index in [-0.39, 0.29) is 17.8 Å². The van der Waals surface area contributed by atoms with Crippen LogP contribution < -0.4 is 5.32 Å². The van der Waals surface area contributed by atoms with E-state index < -0.39 is 0 Å². The zero-order valence-electron chi connectivity index (χ0n) is 10.8. The molecule has 100 valence electrons. The third-order valence-electron chi connectivity index (χ3n) is 3.38. The summed E-state index contributed by atoms with van der Waals surface area (Å²) in [6, 6.07) is 6.09. The predicted octanol–water partition coefficient (Wildman–Crippen LogP) is 1.41. The summed E-state index contributed by atoms with van der Waals surface area (Å²) in [6.45, 7) is 3.56. The summed E-state index contributed by atoms with van der Waals surface area (Å²) in [5, 5.41) is 11.7. The largest absolute Gasteiger partial charge is 0.353 e. The van der Waals surface area contributed by atoms with Crippen molar-refractivity contribution in [3.63, 3.8) is 0 Å². The van der Waals surface area contributed by atoms with Gasteiger partial charge in [0.25, 0.3) is 0 Å². The van der Waals surface area contributed by atoms with E-state index in [1.807, 2.05) is 17.9 Å². The Labute approximate surface area is 111 Å². The third-order valence-corrected chi connectivity index (χ3v) is 3.38. The first-order valence-corrected chi connectivity index (χ1v) is 6.36. The smallest absolute Gasteiger partial charge is 0.237 e. The van der Waals surface area contributed by atoms with E-state index >= 15 is 0 Å². The van der Waals surface area contributed by atoms with Crippen molar-refractivity contribution in [2.75, 3.05) is 13.1 Å². The summed E-state index contributed by atoms with van der Waals surface area (Å²) in [5.74, 6) is -0.342. The van der Waals surface area contributed by atoms with Gasteiger partial charge in [0.1, 0.15) is 5.82 Å². The van der Waals surface area contributed by atoms with E-state index in [9.17, 15) is 9.18 Å². The molecule has 1 aromatic rings. The molecule has 4 nitrogen and oxygen atoms in total. The van der Waals surface area contributed by atoms with Crippen molar-refractivity contribution in [1.29, 1.82) is 5.26 Å². The maximum atomic E-state index is 13.8. The van der Waals surface area contributed by atoms with Crippen LogP contribution in [0.5, 0.6) is 0 Å². The minimum Gasteiger partial charge on any atom is -0.353 e. The SMILES string of the molecule is CCC1C(=O)NCCN1Cc1cc(C#N)ccc1F. The maximum Gasteiger partial charge on any atom is 0.237 e. The Morgan fingerprint density at radius 3 is 3.05 bits per heavy atom. The molecule has 1 aliphatic rings. The minimum absolute atomic E-state index is 0.00871. The molecule has 1 aromatic carbocycles. The van der Waals surface area contributed by atoms with Crippen molar-refractivity contribution in [2.45, 2.75) is 25.9 Å². The fourth-order valence-corrected chi connectivity index (χ4v) is 2.38. The van der Waals surface area contributed by atoms with Gasteiger partial charge in [-0.25, -0.2) is 4.39 Å². The van der Waals surface area contributed by atoms with Crippen molar-refractivity contribution in [1.82, 2.24) is 10.2 Å². The van der Waals surface area contributed by atoms with Crippen LogP contribution in [0.3, 0.4) is 0 Å². The number of carbonyl (C=O) groups is 1. The first-order chi connectivity index (χ1) is 9.15. The number of benzene rings is 1. The second kappa shape index (κ2) is 5.81. The molecule has 1 aliphatic heterocycles. The van der Waals surface area contributed by atoms with Gasteiger partial charge in [-0.05, 0) is 24.6 Å². The highest BCUT2D eigenvalue weighted by Gasteiger charge is 2.28. The fraction of sp³-hybridized carbons (Fsp3) is 0.429. The van der Waals surface area contributed by atoms with Crippen molar-refractivity contribution in [2.24, 2.45) is 0 Å². The van der Waals surface area contributed by atoms with E-state index in [1.54, 1.807) is 6.07 Å². The fourth-order valence-electron chi connectivity index (χ4n) is 2.38. The number of nitrogens with one attached hydrogen (secondary N) is 1. The normalized spacial score (nSPS) is 19.8. The molecule has 0 saturated carbocycles. The van der Waals surface area contributed by atoms with Gasteiger partial charge in [0.15, 0.2) is 0 Å². The zero-order chi connectivity index (χ0) is 13.8. The summed E-state index contributed by atoms with van der Waals surface area (Å²) in [7, 11) is 0. The van der Waals surface area contributed by atoms with Crippen LogP contribution in [0.4, 0.5) is 4.39 Å². The third kappa shape index (κ3) is 2.91. The molecule has 1 heterocycles. The molecule has 1 atom stereocenters. The molecule has 0 aliphatic carbocycles. The number of hydrogen-bond donors (Lipinski definition) is 1. The van der Waals surface area contributed by atoms with Crippen LogP contribution in [-0.4, -0.2) is 29.9 Å². The van der Waals surface area contributed by atoms with Crippen molar-refractivity contribution in [3.8, 4) is 6.07 Å². The summed E-state index contributed by atoms with van der Waals surface area (Å²) >= 11 is 0. The standard InChI is InChI=1S/C14H16FN3O/c1-2-13-14(19)17-5-6-18(13)9-11-7-10(8-16)3-4-12(11)15/h3-4,7,13H,2,5-6,9H2,1H3,(H,17,19). The molecule has 1 saturated heterocycles. The average molecular weight is 261 g/mol. The van der Waals surface area contributed by atoms with Gasteiger partial charge in [0, 0.05) is 25.2 Å². The lowest BCUT2D eigenvalue weighted by molar-refractivity contribution is -0.129. The van der Waals surface area contributed by atoms with E-state index in [2.05, 4.69) is 5.32 Å². The second-order valence-corrected chi connectivity index (χ2v) is 4.60. The van der Waals surface area contributed by atoms with E-state index in [0.29, 0.717) is 37.2 Å². The number of amides is 1. The number of carbonyl (C=O) groups excluding carboxylic acids is 1. The van der Waals surface area contributed by atoms with Crippen LogP contribution in [-0.2, 0) is 11.3 Å². The molecular weight excluding hydrogens is 245 g/mol.